The highest BCUT2D eigenvalue weighted by molar-refractivity contribution is 4.83. The van der Waals surface area contributed by atoms with Crippen LogP contribution in [0.2, 0.25) is 0 Å². The number of aliphatic hydroxyl groups is 1. The Labute approximate surface area is 85.8 Å². The molecule has 1 fully saturated rings. The Morgan fingerprint density at radius 1 is 1.36 bits per heavy atom. The molecule has 1 aliphatic carbocycles. The average Bonchev–Trinajstić information content (AvgIpc) is 2.65. The predicted octanol–water partition coefficient (Wildman–Crippen LogP) is -0.288. The van der Waals surface area contributed by atoms with Gasteiger partial charge in [0.2, 0.25) is 0 Å². The lowest BCUT2D eigenvalue weighted by molar-refractivity contribution is 0.0919. The fraction of sp³-hybridized carbons (Fsp3) is 1.00. The van der Waals surface area contributed by atoms with Crippen molar-refractivity contribution in [1.29, 1.82) is 0 Å². The number of hydrogen-bond acceptors (Lipinski definition) is 4. The summed E-state index contributed by atoms with van der Waals surface area (Å²) in [4.78, 5) is 0. The van der Waals surface area contributed by atoms with Gasteiger partial charge in [0, 0.05) is 12.6 Å². The smallest absolute Gasteiger partial charge is 0.0698 e. The summed E-state index contributed by atoms with van der Waals surface area (Å²) in [5, 5.41) is 12.0. The molecule has 1 saturated carbocycles. The number of aliphatic hydroxyl groups excluding tert-OH is 1. The van der Waals surface area contributed by atoms with E-state index >= 15 is 0 Å². The first kappa shape index (κ1) is 11.9. The highest BCUT2D eigenvalue weighted by atomic mass is 16.5. The minimum atomic E-state index is 0.106. The summed E-state index contributed by atoms with van der Waals surface area (Å²) in [6, 6.07) is 0.581. The van der Waals surface area contributed by atoms with Crippen molar-refractivity contribution in [2.75, 3.05) is 32.9 Å². The zero-order chi connectivity index (χ0) is 10.2. The molecule has 0 amide bonds. The molecule has 2 unspecified atom stereocenters. The van der Waals surface area contributed by atoms with Gasteiger partial charge in [-0.05, 0) is 25.3 Å². The molecule has 1 rings (SSSR count). The monoisotopic (exact) mass is 202 g/mol. The number of rotatable bonds is 7. The van der Waals surface area contributed by atoms with Crippen LogP contribution in [0.3, 0.4) is 0 Å². The molecular weight excluding hydrogens is 180 g/mol. The molecule has 0 aliphatic heterocycles. The van der Waals surface area contributed by atoms with Crippen molar-refractivity contribution in [2.45, 2.75) is 25.3 Å². The minimum absolute atomic E-state index is 0.106. The van der Waals surface area contributed by atoms with Crippen LogP contribution < -0.4 is 11.1 Å². The summed E-state index contributed by atoms with van der Waals surface area (Å²) in [6.07, 6.45) is 3.78. The van der Waals surface area contributed by atoms with Crippen LogP contribution >= 0.6 is 0 Å². The number of nitrogens with one attached hydrogen (secondary N) is 1. The fourth-order valence-corrected chi connectivity index (χ4v) is 2.07. The summed E-state index contributed by atoms with van der Waals surface area (Å²) in [5.41, 5.74) is 5.67. The SMILES string of the molecule is NCC1CCCC1NCCOCCO. The first-order valence-electron chi connectivity index (χ1n) is 5.50. The predicted molar refractivity (Wildman–Crippen MR) is 56.1 cm³/mol. The lowest BCUT2D eigenvalue weighted by Gasteiger charge is -2.19. The Hall–Kier alpha value is -0.160. The lowest BCUT2D eigenvalue weighted by Crippen LogP contribution is -2.37. The molecule has 4 nitrogen and oxygen atoms in total. The van der Waals surface area contributed by atoms with Crippen LogP contribution in [0, 0.1) is 5.92 Å². The zero-order valence-electron chi connectivity index (χ0n) is 8.74. The van der Waals surface area contributed by atoms with Crippen LogP contribution in [-0.2, 0) is 4.74 Å². The summed E-state index contributed by atoms with van der Waals surface area (Å²) in [5.74, 6) is 0.646. The molecule has 0 saturated heterocycles. The van der Waals surface area contributed by atoms with Gasteiger partial charge in [0.25, 0.3) is 0 Å². The third-order valence-electron chi connectivity index (χ3n) is 2.85. The molecule has 0 radical (unpaired) electrons. The van der Waals surface area contributed by atoms with Crippen LogP contribution in [0.15, 0.2) is 0 Å². The van der Waals surface area contributed by atoms with Gasteiger partial charge in [0.1, 0.15) is 0 Å². The van der Waals surface area contributed by atoms with Crippen molar-refractivity contribution in [1.82, 2.24) is 5.32 Å². The second kappa shape index (κ2) is 7.17. The molecule has 4 heteroatoms. The molecule has 2 atom stereocenters. The Kier molecular flexibility index (Phi) is 6.10. The van der Waals surface area contributed by atoms with Crippen molar-refractivity contribution < 1.29 is 9.84 Å². The third kappa shape index (κ3) is 3.92. The number of nitrogens with two attached hydrogens (primary N) is 1. The highest BCUT2D eigenvalue weighted by Crippen LogP contribution is 2.24. The second-order valence-corrected chi connectivity index (χ2v) is 3.82. The third-order valence-corrected chi connectivity index (χ3v) is 2.85. The van der Waals surface area contributed by atoms with Crippen molar-refractivity contribution in [3.63, 3.8) is 0 Å². The topological polar surface area (TPSA) is 67.5 Å². The van der Waals surface area contributed by atoms with Gasteiger partial charge in [-0.1, -0.05) is 6.42 Å². The molecule has 0 heterocycles. The molecule has 0 aromatic rings. The van der Waals surface area contributed by atoms with Gasteiger partial charge in [0.15, 0.2) is 0 Å². The second-order valence-electron chi connectivity index (χ2n) is 3.82. The molecule has 0 aromatic carbocycles. The molecule has 4 N–H and O–H groups in total. The lowest BCUT2D eigenvalue weighted by atomic mass is 10.0. The van der Waals surface area contributed by atoms with Gasteiger partial charge in [-0.25, -0.2) is 0 Å². The molecule has 14 heavy (non-hydrogen) atoms. The minimum Gasteiger partial charge on any atom is -0.394 e. The van der Waals surface area contributed by atoms with E-state index < -0.39 is 0 Å². The van der Waals surface area contributed by atoms with E-state index in [2.05, 4.69) is 5.32 Å². The highest BCUT2D eigenvalue weighted by Gasteiger charge is 2.24. The van der Waals surface area contributed by atoms with E-state index in [9.17, 15) is 0 Å². The summed E-state index contributed by atoms with van der Waals surface area (Å²) < 4.78 is 5.17. The van der Waals surface area contributed by atoms with Gasteiger partial charge < -0.3 is 20.9 Å². The first-order valence-corrected chi connectivity index (χ1v) is 5.50. The van der Waals surface area contributed by atoms with Crippen LogP contribution in [-0.4, -0.2) is 44.1 Å². The Morgan fingerprint density at radius 3 is 2.93 bits per heavy atom. The first-order chi connectivity index (χ1) is 6.88. The van der Waals surface area contributed by atoms with E-state index in [0.29, 0.717) is 25.2 Å². The van der Waals surface area contributed by atoms with E-state index in [1.165, 1.54) is 19.3 Å². The van der Waals surface area contributed by atoms with Gasteiger partial charge >= 0.3 is 0 Å². The molecule has 0 spiro atoms. The van der Waals surface area contributed by atoms with E-state index in [0.717, 1.165) is 13.1 Å². The summed E-state index contributed by atoms with van der Waals surface area (Å²) in [6.45, 7) is 2.87. The maximum atomic E-state index is 8.50. The average molecular weight is 202 g/mol. The van der Waals surface area contributed by atoms with Crippen molar-refractivity contribution in [3.05, 3.63) is 0 Å². The van der Waals surface area contributed by atoms with Gasteiger partial charge in [-0.2, -0.15) is 0 Å². The normalized spacial score (nSPS) is 27.0. The van der Waals surface area contributed by atoms with Crippen LogP contribution in [0.5, 0.6) is 0 Å². The molecule has 0 aromatic heterocycles. The van der Waals surface area contributed by atoms with Crippen LogP contribution in [0.25, 0.3) is 0 Å². The van der Waals surface area contributed by atoms with Crippen LogP contribution in [0.1, 0.15) is 19.3 Å². The Morgan fingerprint density at radius 2 is 2.21 bits per heavy atom. The Bertz CT molecular complexity index is 144. The molecule has 84 valence electrons. The van der Waals surface area contributed by atoms with Crippen molar-refractivity contribution in [2.24, 2.45) is 11.7 Å². The van der Waals surface area contributed by atoms with E-state index in [1.807, 2.05) is 0 Å². The summed E-state index contributed by atoms with van der Waals surface area (Å²) >= 11 is 0. The molecule has 0 bridgehead atoms. The molecule has 1 aliphatic rings. The number of ether oxygens (including phenoxy) is 1. The summed E-state index contributed by atoms with van der Waals surface area (Å²) in [7, 11) is 0. The molecular formula is C10H22N2O2. The zero-order valence-corrected chi connectivity index (χ0v) is 8.74. The van der Waals surface area contributed by atoms with Crippen molar-refractivity contribution >= 4 is 0 Å². The van der Waals surface area contributed by atoms with Crippen LogP contribution in [0.4, 0.5) is 0 Å². The number of hydrogen-bond donors (Lipinski definition) is 3. The van der Waals surface area contributed by atoms with Gasteiger partial charge in [-0.3, -0.25) is 0 Å². The largest absolute Gasteiger partial charge is 0.394 e. The quantitative estimate of drug-likeness (QED) is 0.496. The van der Waals surface area contributed by atoms with Gasteiger partial charge in [0.05, 0.1) is 19.8 Å². The van der Waals surface area contributed by atoms with Crippen molar-refractivity contribution in [3.8, 4) is 0 Å². The maximum Gasteiger partial charge on any atom is 0.0698 e. The van der Waals surface area contributed by atoms with E-state index in [1.54, 1.807) is 0 Å². The maximum absolute atomic E-state index is 8.50. The van der Waals surface area contributed by atoms with E-state index in [-0.39, 0.29) is 6.61 Å². The Balaban J connectivity index is 2.00. The van der Waals surface area contributed by atoms with E-state index in [4.69, 9.17) is 15.6 Å². The van der Waals surface area contributed by atoms with Gasteiger partial charge in [-0.15, -0.1) is 0 Å². The standard InChI is InChI=1S/C10H22N2O2/c11-8-9-2-1-3-10(9)12-4-6-14-7-5-13/h9-10,12-13H,1-8,11H2. The fourth-order valence-electron chi connectivity index (χ4n) is 2.07.